The van der Waals surface area contributed by atoms with Crippen LogP contribution in [0, 0.1) is 0 Å². The highest BCUT2D eigenvalue weighted by Crippen LogP contribution is 2.14. The van der Waals surface area contributed by atoms with Crippen LogP contribution in [-0.2, 0) is 0 Å². The summed E-state index contributed by atoms with van der Waals surface area (Å²) in [7, 11) is -1.40. The third-order valence-corrected chi connectivity index (χ3v) is 6.29. The molecule has 0 unspecified atom stereocenters. The molecule has 3 heteroatoms. The molecule has 2 rings (SSSR count). The summed E-state index contributed by atoms with van der Waals surface area (Å²) in [5.74, 6) is 0. The van der Waals surface area contributed by atoms with Crippen LogP contribution in [0.1, 0.15) is 0 Å². The molecule has 0 spiro atoms. The first kappa shape index (κ1) is 12.7. The summed E-state index contributed by atoms with van der Waals surface area (Å²) in [6, 6.07) is 11.2. The minimum atomic E-state index is -1.40. The smallest absolute Gasteiger partial charge is 0.0886 e. The number of rotatable bonds is 4. The van der Waals surface area contributed by atoms with Crippen LogP contribution in [0.25, 0.3) is 11.4 Å². The Balaban J connectivity index is 2.28. The van der Waals surface area contributed by atoms with E-state index < -0.39 is 8.07 Å². The van der Waals surface area contributed by atoms with Crippen molar-refractivity contribution in [3.05, 3.63) is 55.4 Å². The van der Waals surface area contributed by atoms with E-state index in [-0.39, 0.29) is 0 Å². The molecule has 92 valence electrons. The Morgan fingerprint density at radius 3 is 2.44 bits per heavy atom. The van der Waals surface area contributed by atoms with E-state index >= 15 is 0 Å². The highest BCUT2D eigenvalue weighted by atomic mass is 28.3. The van der Waals surface area contributed by atoms with Crippen molar-refractivity contribution in [1.29, 1.82) is 0 Å². The van der Waals surface area contributed by atoms with Gasteiger partial charge >= 0.3 is 0 Å². The zero-order valence-corrected chi connectivity index (χ0v) is 11.9. The first-order valence-electron chi connectivity index (χ1n) is 6.12. The molecule has 2 aromatic heterocycles. The van der Waals surface area contributed by atoms with Crippen molar-refractivity contribution < 1.29 is 0 Å². The minimum absolute atomic E-state index is 0.923. The van der Waals surface area contributed by atoms with Gasteiger partial charge in [0.15, 0.2) is 0 Å². The lowest BCUT2D eigenvalue weighted by Crippen LogP contribution is -2.40. The van der Waals surface area contributed by atoms with E-state index in [0.717, 1.165) is 17.4 Å². The minimum Gasteiger partial charge on any atom is -0.255 e. The highest BCUT2D eigenvalue weighted by molar-refractivity contribution is 6.90. The van der Waals surface area contributed by atoms with Crippen molar-refractivity contribution in [1.82, 2.24) is 9.97 Å². The van der Waals surface area contributed by atoms with Crippen molar-refractivity contribution in [3.8, 4) is 11.4 Å². The zero-order chi connectivity index (χ0) is 13.0. The Labute approximate surface area is 109 Å². The number of allylic oxidation sites excluding steroid dienone is 1. The van der Waals surface area contributed by atoms with Gasteiger partial charge in [0.2, 0.25) is 0 Å². The van der Waals surface area contributed by atoms with Crippen molar-refractivity contribution in [2.75, 3.05) is 0 Å². The van der Waals surface area contributed by atoms with E-state index in [1.54, 1.807) is 6.20 Å². The second kappa shape index (κ2) is 5.27. The fourth-order valence-corrected chi connectivity index (χ4v) is 3.84. The average Bonchev–Trinajstić information content (AvgIpc) is 2.40. The van der Waals surface area contributed by atoms with Gasteiger partial charge in [0, 0.05) is 12.4 Å². The van der Waals surface area contributed by atoms with Crippen LogP contribution in [0.4, 0.5) is 0 Å². The molecule has 0 aliphatic heterocycles. The molecular formula is C15H18N2Si. The number of hydrogen-bond acceptors (Lipinski definition) is 2. The maximum Gasteiger partial charge on any atom is 0.0886 e. The second-order valence-electron chi connectivity index (χ2n) is 5.02. The van der Waals surface area contributed by atoms with Crippen molar-refractivity contribution in [2.45, 2.75) is 19.1 Å². The molecule has 18 heavy (non-hydrogen) atoms. The summed E-state index contributed by atoms with van der Waals surface area (Å²) in [5.41, 5.74) is 1.86. The molecule has 2 aromatic rings. The average molecular weight is 254 g/mol. The van der Waals surface area contributed by atoms with Crippen LogP contribution in [0.2, 0.25) is 19.1 Å². The maximum atomic E-state index is 4.54. The van der Waals surface area contributed by atoms with Gasteiger partial charge in [-0.1, -0.05) is 31.3 Å². The lowest BCUT2D eigenvalue weighted by molar-refractivity contribution is 1.25. The molecule has 0 aromatic carbocycles. The van der Waals surface area contributed by atoms with Crippen LogP contribution in [-0.4, -0.2) is 18.0 Å². The third kappa shape index (κ3) is 2.74. The topological polar surface area (TPSA) is 25.8 Å². The second-order valence-corrected chi connectivity index (χ2v) is 9.78. The Morgan fingerprint density at radius 1 is 1.11 bits per heavy atom. The molecule has 0 aliphatic carbocycles. The SMILES string of the molecule is C=CC[Si](C)(C)c1ccc(-c2ccccn2)nc1. The van der Waals surface area contributed by atoms with E-state index in [2.05, 4.69) is 41.8 Å². The summed E-state index contributed by atoms with van der Waals surface area (Å²) < 4.78 is 0. The van der Waals surface area contributed by atoms with Gasteiger partial charge < -0.3 is 0 Å². The van der Waals surface area contributed by atoms with Crippen LogP contribution in [0.5, 0.6) is 0 Å². The highest BCUT2D eigenvalue weighted by Gasteiger charge is 2.21. The molecule has 0 N–H and O–H groups in total. The van der Waals surface area contributed by atoms with E-state index in [1.807, 2.05) is 30.5 Å². The summed E-state index contributed by atoms with van der Waals surface area (Å²) in [6.45, 7) is 8.52. The van der Waals surface area contributed by atoms with Crippen LogP contribution in [0.15, 0.2) is 55.4 Å². The summed E-state index contributed by atoms with van der Waals surface area (Å²) >= 11 is 0. The Morgan fingerprint density at radius 2 is 1.89 bits per heavy atom. The van der Waals surface area contributed by atoms with Crippen molar-refractivity contribution in [3.63, 3.8) is 0 Å². The number of aromatic nitrogens is 2. The lowest BCUT2D eigenvalue weighted by Gasteiger charge is -2.20. The molecule has 0 radical (unpaired) electrons. The largest absolute Gasteiger partial charge is 0.255 e. The first-order valence-corrected chi connectivity index (χ1v) is 9.33. The predicted molar refractivity (Wildman–Crippen MR) is 79.6 cm³/mol. The van der Waals surface area contributed by atoms with Gasteiger partial charge in [0.05, 0.1) is 19.5 Å². The molecule has 0 amide bonds. The fourth-order valence-electron chi connectivity index (χ4n) is 1.94. The van der Waals surface area contributed by atoms with E-state index in [0.29, 0.717) is 0 Å². The molecule has 2 heterocycles. The van der Waals surface area contributed by atoms with Crippen molar-refractivity contribution in [2.24, 2.45) is 0 Å². The Kier molecular flexibility index (Phi) is 3.72. The quantitative estimate of drug-likeness (QED) is 0.618. The molecule has 0 fully saturated rings. The summed E-state index contributed by atoms with van der Waals surface area (Å²) in [5, 5.41) is 1.36. The monoisotopic (exact) mass is 254 g/mol. The van der Waals surface area contributed by atoms with Crippen LogP contribution >= 0.6 is 0 Å². The van der Waals surface area contributed by atoms with Crippen LogP contribution in [0.3, 0.4) is 0 Å². The molecular weight excluding hydrogens is 236 g/mol. The zero-order valence-electron chi connectivity index (χ0n) is 10.9. The van der Waals surface area contributed by atoms with E-state index in [1.165, 1.54) is 5.19 Å². The van der Waals surface area contributed by atoms with Gasteiger partial charge in [-0.2, -0.15) is 0 Å². The number of pyridine rings is 2. The number of nitrogens with zero attached hydrogens (tertiary/aromatic N) is 2. The molecule has 0 bridgehead atoms. The number of hydrogen-bond donors (Lipinski definition) is 0. The molecule has 0 saturated carbocycles. The van der Waals surface area contributed by atoms with Gasteiger partial charge in [-0.05, 0) is 29.4 Å². The third-order valence-electron chi connectivity index (χ3n) is 3.13. The molecule has 0 aliphatic rings. The van der Waals surface area contributed by atoms with Gasteiger partial charge in [0.25, 0.3) is 0 Å². The Bertz CT molecular complexity index is 518. The summed E-state index contributed by atoms with van der Waals surface area (Å²) in [6.07, 6.45) is 5.81. The first-order chi connectivity index (χ1) is 8.63. The van der Waals surface area contributed by atoms with Gasteiger partial charge in [0.1, 0.15) is 0 Å². The van der Waals surface area contributed by atoms with Crippen molar-refractivity contribution >= 4 is 13.3 Å². The standard InChI is InChI=1S/C15H18N2Si/c1-4-11-18(2,3)13-8-9-15(17-12-13)14-7-5-6-10-16-14/h4-10,12H,1,11H2,2-3H3. The predicted octanol–water partition coefficient (Wildman–Crippen LogP) is 3.25. The van der Waals surface area contributed by atoms with E-state index in [4.69, 9.17) is 0 Å². The van der Waals surface area contributed by atoms with E-state index in [9.17, 15) is 0 Å². The molecule has 0 saturated heterocycles. The molecule has 0 atom stereocenters. The normalized spacial score (nSPS) is 11.2. The Hall–Kier alpha value is -1.74. The van der Waals surface area contributed by atoms with Crippen LogP contribution < -0.4 is 5.19 Å². The van der Waals surface area contributed by atoms with Gasteiger partial charge in [-0.25, -0.2) is 0 Å². The molecule has 2 nitrogen and oxygen atoms in total. The van der Waals surface area contributed by atoms with Gasteiger partial charge in [-0.3, -0.25) is 9.97 Å². The maximum absolute atomic E-state index is 4.54. The fraction of sp³-hybridized carbons (Fsp3) is 0.200. The summed E-state index contributed by atoms with van der Waals surface area (Å²) in [4.78, 5) is 8.85. The van der Waals surface area contributed by atoms with Gasteiger partial charge in [-0.15, -0.1) is 6.58 Å². The lowest BCUT2D eigenvalue weighted by atomic mass is 10.2.